The largest absolute Gasteiger partial charge is 0.392 e. The summed E-state index contributed by atoms with van der Waals surface area (Å²) in [4.78, 5) is 0.291. The molecule has 0 radical (unpaired) electrons. The van der Waals surface area contributed by atoms with Crippen molar-refractivity contribution in [2.75, 3.05) is 13.1 Å². The summed E-state index contributed by atoms with van der Waals surface area (Å²) >= 11 is 0. The first-order valence-corrected chi connectivity index (χ1v) is 6.28. The van der Waals surface area contributed by atoms with Crippen LogP contribution in [0.15, 0.2) is 35.2 Å². The van der Waals surface area contributed by atoms with Crippen LogP contribution in [-0.2, 0) is 10.0 Å². The molecule has 0 spiro atoms. The van der Waals surface area contributed by atoms with Gasteiger partial charge in [-0.05, 0) is 18.6 Å². The highest BCUT2D eigenvalue weighted by molar-refractivity contribution is 7.89. The van der Waals surface area contributed by atoms with Crippen molar-refractivity contribution in [3.05, 3.63) is 30.3 Å². The third-order valence-corrected chi connectivity index (χ3v) is 4.39. The molecule has 1 aromatic carbocycles. The summed E-state index contributed by atoms with van der Waals surface area (Å²) in [6, 6.07) is 8.30. The van der Waals surface area contributed by atoms with E-state index in [9.17, 15) is 13.5 Å². The van der Waals surface area contributed by atoms with E-state index < -0.39 is 16.1 Å². The number of hydrogen-bond acceptors (Lipinski definition) is 3. The Bertz CT molecular complexity index is 429. The maximum absolute atomic E-state index is 12.0. The Balaban J connectivity index is 2.28. The first-order chi connectivity index (χ1) is 7.10. The number of aliphatic hydroxyl groups excluding tert-OH is 1. The third-order valence-electron chi connectivity index (χ3n) is 2.51. The minimum Gasteiger partial charge on any atom is -0.392 e. The minimum absolute atomic E-state index is 0.206. The second-order valence-corrected chi connectivity index (χ2v) is 5.56. The number of hydrogen-bond donors (Lipinski definition) is 1. The molecular weight excluding hydrogens is 214 g/mol. The molecule has 1 aliphatic heterocycles. The lowest BCUT2D eigenvalue weighted by Gasteiger charge is -2.15. The van der Waals surface area contributed by atoms with Crippen LogP contribution in [0.4, 0.5) is 0 Å². The van der Waals surface area contributed by atoms with E-state index >= 15 is 0 Å². The molecule has 0 unspecified atom stereocenters. The lowest BCUT2D eigenvalue weighted by molar-refractivity contribution is 0.189. The van der Waals surface area contributed by atoms with Crippen molar-refractivity contribution in [2.24, 2.45) is 0 Å². The summed E-state index contributed by atoms with van der Waals surface area (Å²) in [6.45, 7) is 0.607. The van der Waals surface area contributed by atoms with Gasteiger partial charge in [-0.15, -0.1) is 0 Å². The molecule has 2 rings (SSSR count). The summed E-state index contributed by atoms with van der Waals surface area (Å²) in [5.74, 6) is 0. The predicted molar refractivity (Wildman–Crippen MR) is 55.8 cm³/mol. The summed E-state index contributed by atoms with van der Waals surface area (Å²) in [7, 11) is -3.40. The van der Waals surface area contributed by atoms with Crippen molar-refractivity contribution in [1.82, 2.24) is 4.31 Å². The molecule has 0 aliphatic carbocycles. The van der Waals surface area contributed by atoms with Gasteiger partial charge in [0, 0.05) is 13.1 Å². The molecule has 1 N–H and O–H groups in total. The van der Waals surface area contributed by atoms with Crippen LogP contribution in [0.1, 0.15) is 6.42 Å². The molecule has 0 amide bonds. The second kappa shape index (κ2) is 3.92. The minimum atomic E-state index is -3.40. The van der Waals surface area contributed by atoms with E-state index in [0.29, 0.717) is 17.9 Å². The summed E-state index contributed by atoms with van der Waals surface area (Å²) < 4.78 is 25.3. The van der Waals surface area contributed by atoms with Crippen LogP contribution in [0.3, 0.4) is 0 Å². The summed E-state index contributed by atoms with van der Waals surface area (Å²) in [5, 5.41) is 9.30. The highest BCUT2D eigenvalue weighted by Gasteiger charge is 2.31. The fraction of sp³-hybridized carbons (Fsp3) is 0.400. The molecule has 4 nitrogen and oxygen atoms in total. The molecule has 1 atom stereocenters. The lowest BCUT2D eigenvalue weighted by atomic mass is 10.3. The molecular formula is C10H13NO3S. The van der Waals surface area contributed by atoms with Crippen molar-refractivity contribution >= 4 is 10.0 Å². The van der Waals surface area contributed by atoms with Gasteiger partial charge in [0.2, 0.25) is 10.0 Å². The Hall–Kier alpha value is -0.910. The lowest BCUT2D eigenvalue weighted by Crippen LogP contribution is -2.29. The topological polar surface area (TPSA) is 57.6 Å². The number of benzene rings is 1. The van der Waals surface area contributed by atoms with E-state index in [1.165, 1.54) is 4.31 Å². The van der Waals surface area contributed by atoms with Gasteiger partial charge in [0.1, 0.15) is 0 Å². The molecule has 1 aliphatic rings. The van der Waals surface area contributed by atoms with E-state index in [2.05, 4.69) is 0 Å². The molecule has 1 fully saturated rings. The van der Waals surface area contributed by atoms with Gasteiger partial charge in [-0.2, -0.15) is 4.31 Å². The number of β-amino-alcohol motifs (C(OH)–C–C–N with tert-alkyl or cyclic N) is 1. The molecule has 1 aromatic rings. The van der Waals surface area contributed by atoms with Crippen LogP contribution in [0.25, 0.3) is 0 Å². The van der Waals surface area contributed by atoms with Crippen molar-refractivity contribution in [3.63, 3.8) is 0 Å². The fourth-order valence-electron chi connectivity index (χ4n) is 1.67. The molecule has 1 saturated heterocycles. The summed E-state index contributed by atoms with van der Waals surface area (Å²) in [5.41, 5.74) is 0. The van der Waals surface area contributed by atoms with Gasteiger partial charge in [-0.25, -0.2) is 8.42 Å². The van der Waals surface area contributed by atoms with E-state index in [-0.39, 0.29) is 6.54 Å². The number of rotatable bonds is 2. The Labute approximate surface area is 89.2 Å². The average molecular weight is 227 g/mol. The summed E-state index contributed by atoms with van der Waals surface area (Å²) in [6.07, 6.45) is -0.00464. The number of nitrogens with zero attached hydrogens (tertiary/aromatic N) is 1. The average Bonchev–Trinajstić information content (AvgIpc) is 2.67. The zero-order valence-corrected chi connectivity index (χ0v) is 9.02. The molecule has 0 saturated carbocycles. The van der Waals surface area contributed by atoms with Gasteiger partial charge >= 0.3 is 0 Å². The molecule has 15 heavy (non-hydrogen) atoms. The second-order valence-electron chi connectivity index (χ2n) is 3.62. The number of sulfonamides is 1. The Morgan fingerprint density at radius 2 is 1.93 bits per heavy atom. The van der Waals surface area contributed by atoms with Crippen LogP contribution in [-0.4, -0.2) is 37.0 Å². The van der Waals surface area contributed by atoms with E-state index in [0.717, 1.165) is 0 Å². The highest BCUT2D eigenvalue weighted by Crippen LogP contribution is 2.20. The van der Waals surface area contributed by atoms with E-state index in [1.807, 2.05) is 0 Å². The van der Waals surface area contributed by atoms with Crippen molar-refractivity contribution < 1.29 is 13.5 Å². The smallest absolute Gasteiger partial charge is 0.243 e. The zero-order chi connectivity index (χ0) is 10.9. The fourth-order valence-corrected chi connectivity index (χ4v) is 3.18. The Morgan fingerprint density at radius 1 is 1.27 bits per heavy atom. The third kappa shape index (κ3) is 2.04. The van der Waals surface area contributed by atoms with Crippen LogP contribution in [0.2, 0.25) is 0 Å². The first-order valence-electron chi connectivity index (χ1n) is 4.84. The van der Waals surface area contributed by atoms with E-state index in [1.54, 1.807) is 30.3 Å². The maximum atomic E-state index is 12.0. The van der Waals surface area contributed by atoms with Crippen molar-refractivity contribution in [2.45, 2.75) is 17.4 Å². The van der Waals surface area contributed by atoms with Gasteiger partial charge in [0.15, 0.2) is 0 Å². The van der Waals surface area contributed by atoms with Crippen molar-refractivity contribution in [1.29, 1.82) is 0 Å². The normalized spacial score (nSPS) is 23.1. The van der Waals surface area contributed by atoms with Gasteiger partial charge in [-0.3, -0.25) is 0 Å². The van der Waals surface area contributed by atoms with Gasteiger partial charge in [0.05, 0.1) is 11.0 Å². The zero-order valence-electron chi connectivity index (χ0n) is 8.20. The van der Waals surface area contributed by atoms with Gasteiger partial charge in [0.25, 0.3) is 0 Å². The van der Waals surface area contributed by atoms with Crippen LogP contribution < -0.4 is 0 Å². The molecule has 5 heteroatoms. The standard InChI is InChI=1S/C10H13NO3S/c12-9-6-7-11(8-9)15(13,14)10-4-2-1-3-5-10/h1-5,9,12H,6-8H2/t9-/m0/s1. The van der Waals surface area contributed by atoms with Gasteiger partial charge < -0.3 is 5.11 Å². The van der Waals surface area contributed by atoms with Crippen LogP contribution in [0, 0.1) is 0 Å². The Morgan fingerprint density at radius 3 is 2.47 bits per heavy atom. The Kier molecular flexibility index (Phi) is 2.77. The highest BCUT2D eigenvalue weighted by atomic mass is 32.2. The quantitative estimate of drug-likeness (QED) is 0.797. The van der Waals surface area contributed by atoms with Crippen LogP contribution >= 0.6 is 0 Å². The molecule has 0 bridgehead atoms. The first kappa shape index (κ1) is 10.6. The van der Waals surface area contributed by atoms with Crippen LogP contribution in [0.5, 0.6) is 0 Å². The monoisotopic (exact) mass is 227 g/mol. The van der Waals surface area contributed by atoms with Crippen molar-refractivity contribution in [3.8, 4) is 0 Å². The van der Waals surface area contributed by atoms with E-state index in [4.69, 9.17) is 0 Å². The predicted octanol–water partition coefficient (Wildman–Crippen LogP) is 0.442. The SMILES string of the molecule is O=S(=O)(c1ccccc1)N1CC[C@H](O)C1. The van der Waals surface area contributed by atoms with Gasteiger partial charge in [-0.1, -0.05) is 18.2 Å². The number of aliphatic hydroxyl groups is 1. The molecule has 0 aromatic heterocycles. The molecule has 82 valence electrons. The maximum Gasteiger partial charge on any atom is 0.243 e. The molecule has 1 heterocycles.